The molecule has 5 rings (SSSR count). The molecule has 0 aliphatic heterocycles. The first-order valence-electron chi connectivity index (χ1n) is 12.5. The molecule has 0 aliphatic rings. The summed E-state index contributed by atoms with van der Waals surface area (Å²) in [6, 6.07) is 31.2. The van der Waals surface area contributed by atoms with E-state index in [-0.39, 0.29) is 24.4 Å². The highest BCUT2D eigenvalue weighted by Gasteiger charge is 2.25. The van der Waals surface area contributed by atoms with Crippen molar-refractivity contribution in [1.29, 1.82) is 0 Å². The van der Waals surface area contributed by atoms with Crippen molar-refractivity contribution in [3.8, 4) is 17.0 Å². The van der Waals surface area contributed by atoms with Crippen LogP contribution in [-0.4, -0.2) is 23.7 Å². The molecule has 4 nitrogen and oxygen atoms in total. The van der Waals surface area contributed by atoms with Gasteiger partial charge in [0.2, 0.25) is 0 Å². The van der Waals surface area contributed by atoms with Crippen molar-refractivity contribution in [2.75, 3.05) is 7.11 Å². The summed E-state index contributed by atoms with van der Waals surface area (Å²) in [5.74, 6) is 0.102. The topological polar surface area (TPSA) is 56.3 Å². The van der Waals surface area contributed by atoms with Gasteiger partial charge in [-0.1, -0.05) is 53.5 Å². The fourth-order valence-electron chi connectivity index (χ4n) is 4.69. The number of carbonyl (C=O) groups excluding carboxylic acids is 2. The molecule has 0 saturated carbocycles. The first-order valence-corrected chi connectivity index (χ1v) is 13.3. The Morgan fingerprint density at radius 3 is 1.92 bits per heavy atom. The Labute approximate surface area is 237 Å². The van der Waals surface area contributed by atoms with Crippen LogP contribution in [0.2, 0.25) is 10.0 Å². The third-order valence-corrected chi connectivity index (χ3v) is 7.24. The van der Waals surface area contributed by atoms with Crippen molar-refractivity contribution in [2.24, 2.45) is 0 Å². The number of halogens is 2. The van der Waals surface area contributed by atoms with Gasteiger partial charge in [0.1, 0.15) is 5.75 Å². The van der Waals surface area contributed by atoms with E-state index in [1.54, 1.807) is 55.6 Å². The highest BCUT2D eigenvalue weighted by Crippen LogP contribution is 2.37. The molecule has 39 heavy (non-hydrogen) atoms. The largest absolute Gasteiger partial charge is 0.497 e. The summed E-state index contributed by atoms with van der Waals surface area (Å²) in [5, 5.41) is 2.04. The van der Waals surface area contributed by atoms with Crippen molar-refractivity contribution in [2.45, 2.75) is 18.8 Å². The summed E-state index contributed by atoms with van der Waals surface area (Å²) in [6.07, 6.45) is 0.246. The maximum absolute atomic E-state index is 13.5. The Kier molecular flexibility index (Phi) is 8.06. The van der Waals surface area contributed by atoms with Crippen molar-refractivity contribution >= 4 is 45.7 Å². The number of hydrogen-bond donors (Lipinski definition) is 0. The molecule has 0 fully saturated rings. The molecule has 1 aromatic heterocycles. The van der Waals surface area contributed by atoms with Crippen molar-refractivity contribution in [3.05, 3.63) is 130 Å². The fourth-order valence-corrected chi connectivity index (χ4v) is 4.94. The maximum Gasteiger partial charge on any atom is 0.163 e. The van der Waals surface area contributed by atoms with Crippen LogP contribution in [0.15, 0.2) is 103 Å². The molecular formula is C33H25Cl2NO3. The number of fused-ring (bicyclic) bond motifs is 1. The molecule has 194 valence electrons. The number of nitrogens with zero attached hydrogens (tertiary/aromatic N) is 1. The van der Waals surface area contributed by atoms with Crippen LogP contribution in [-0.2, 0) is 0 Å². The van der Waals surface area contributed by atoms with Crippen LogP contribution in [0.25, 0.3) is 22.2 Å². The lowest BCUT2D eigenvalue weighted by Crippen LogP contribution is -2.14. The van der Waals surface area contributed by atoms with Gasteiger partial charge in [-0.2, -0.15) is 0 Å². The minimum Gasteiger partial charge on any atom is -0.497 e. The zero-order chi connectivity index (χ0) is 27.4. The van der Waals surface area contributed by atoms with Crippen LogP contribution in [0.3, 0.4) is 0 Å². The van der Waals surface area contributed by atoms with E-state index in [2.05, 4.69) is 0 Å². The lowest BCUT2D eigenvalue weighted by atomic mass is 9.83. The van der Waals surface area contributed by atoms with Gasteiger partial charge in [0.25, 0.3) is 0 Å². The summed E-state index contributed by atoms with van der Waals surface area (Å²) in [5.41, 5.74) is 4.29. The molecule has 0 spiro atoms. The van der Waals surface area contributed by atoms with Gasteiger partial charge in [0, 0.05) is 50.9 Å². The molecule has 5 aromatic rings. The van der Waals surface area contributed by atoms with E-state index in [4.69, 9.17) is 32.9 Å². The highest BCUT2D eigenvalue weighted by molar-refractivity contribution is 6.31. The second-order valence-corrected chi connectivity index (χ2v) is 10.2. The molecule has 0 amide bonds. The Bertz CT molecular complexity index is 1590. The van der Waals surface area contributed by atoms with Crippen LogP contribution in [0.4, 0.5) is 0 Å². The lowest BCUT2D eigenvalue weighted by molar-refractivity contribution is 0.0944. The van der Waals surface area contributed by atoms with Crippen molar-refractivity contribution in [3.63, 3.8) is 0 Å². The third-order valence-electron chi connectivity index (χ3n) is 6.73. The Morgan fingerprint density at radius 1 is 0.744 bits per heavy atom. The van der Waals surface area contributed by atoms with E-state index in [0.29, 0.717) is 32.6 Å². The highest BCUT2D eigenvalue weighted by atomic mass is 35.5. The molecule has 1 heterocycles. The molecule has 0 unspecified atom stereocenters. The molecule has 0 saturated heterocycles. The van der Waals surface area contributed by atoms with E-state index >= 15 is 0 Å². The van der Waals surface area contributed by atoms with E-state index in [9.17, 15) is 9.59 Å². The van der Waals surface area contributed by atoms with Crippen molar-refractivity contribution in [1.82, 2.24) is 4.98 Å². The molecule has 6 heteroatoms. The summed E-state index contributed by atoms with van der Waals surface area (Å²) in [4.78, 5) is 32.0. The number of ketones is 2. The lowest BCUT2D eigenvalue weighted by Gasteiger charge is -2.21. The summed E-state index contributed by atoms with van der Waals surface area (Å²) >= 11 is 12.1. The fraction of sp³-hybridized carbons (Fsp3) is 0.121. The molecule has 4 aromatic carbocycles. The van der Waals surface area contributed by atoms with Gasteiger partial charge in [-0.25, -0.2) is 4.98 Å². The number of methoxy groups -OCH3 is 1. The van der Waals surface area contributed by atoms with Gasteiger partial charge in [0.15, 0.2) is 11.6 Å². The molecule has 0 N–H and O–H groups in total. The van der Waals surface area contributed by atoms with Gasteiger partial charge in [0.05, 0.1) is 18.3 Å². The first kappa shape index (κ1) is 26.6. The van der Waals surface area contributed by atoms with Gasteiger partial charge in [-0.15, -0.1) is 0 Å². The number of pyridine rings is 1. The molecular weight excluding hydrogens is 529 g/mol. The minimum absolute atomic E-state index is 0.0784. The van der Waals surface area contributed by atoms with Gasteiger partial charge in [-0.05, 0) is 78.4 Å². The number of ether oxygens (including phenoxy) is 1. The van der Waals surface area contributed by atoms with E-state index in [0.717, 1.165) is 22.0 Å². The predicted molar refractivity (Wildman–Crippen MR) is 157 cm³/mol. The van der Waals surface area contributed by atoms with Crippen LogP contribution < -0.4 is 4.74 Å². The van der Waals surface area contributed by atoms with Crippen LogP contribution in [0.1, 0.15) is 45.0 Å². The normalized spacial score (nSPS) is 11.1. The van der Waals surface area contributed by atoms with Crippen molar-refractivity contribution < 1.29 is 14.3 Å². The predicted octanol–water partition coefficient (Wildman–Crippen LogP) is 8.85. The first-order chi connectivity index (χ1) is 18.9. The van der Waals surface area contributed by atoms with Gasteiger partial charge >= 0.3 is 0 Å². The van der Waals surface area contributed by atoms with Crippen LogP contribution in [0.5, 0.6) is 5.75 Å². The molecule has 0 bridgehead atoms. The Balaban J connectivity index is 1.63. The number of benzene rings is 4. The average Bonchev–Trinajstić information content (AvgIpc) is 2.96. The number of aromatic nitrogens is 1. The number of Topliss-reactive ketones (excluding diaryl/α,β-unsaturated/α-hetero) is 2. The molecule has 0 atom stereocenters. The van der Waals surface area contributed by atoms with Crippen LogP contribution >= 0.6 is 23.2 Å². The average molecular weight is 554 g/mol. The maximum atomic E-state index is 13.5. The minimum atomic E-state index is -0.435. The number of para-hydroxylation sites is 1. The zero-order valence-corrected chi connectivity index (χ0v) is 22.7. The molecule has 0 radical (unpaired) electrons. The van der Waals surface area contributed by atoms with Crippen LogP contribution in [0, 0.1) is 0 Å². The SMILES string of the molecule is COc1cccc(-c2nc3ccccc3cc2C(CC(=O)c2ccc(Cl)cc2)CC(=O)c2ccc(Cl)cc2)c1. The third kappa shape index (κ3) is 6.19. The Hall–Kier alpha value is -3.99. The van der Waals surface area contributed by atoms with Gasteiger partial charge < -0.3 is 4.74 Å². The molecule has 0 aliphatic carbocycles. The smallest absolute Gasteiger partial charge is 0.163 e. The van der Waals surface area contributed by atoms with E-state index < -0.39 is 5.92 Å². The number of rotatable bonds is 9. The quantitative estimate of drug-likeness (QED) is 0.171. The van der Waals surface area contributed by atoms with Gasteiger partial charge in [-0.3, -0.25) is 9.59 Å². The van der Waals surface area contributed by atoms with E-state index in [1.807, 2.05) is 54.6 Å². The van der Waals surface area contributed by atoms with E-state index in [1.165, 1.54) is 0 Å². The standard InChI is InChI=1S/C33H25Cl2NO3/c1-39-28-7-4-6-24(17-28)33-29(18-23-5-2-3-8-30(23)36-33)25(19-31(37)21-9-13-26(34)14-10-21)20-32(38)22-11-15-27(35)16-12-22/h2-18,25H,19-20H2,1H3. The second-order valence-electron chi connectivity index (χ2n) is 9.32. The zero-order valence-electron chi connectivity index (χ0n) is 21.2. The number of hydrogen-bond acceptors (Lipinski definition) is 4. The second kappa shape index (κ2) is 11.8. The Morgan fingerprint density at radius 2 is 1.33 bits per heavy atom. The summed E-state index contributed by atoms with van der Waals surface area (Å²) in [7, 11) is 1.62. The summed E-state index contributed by atoms with van der Waals surface area (Å²) < 4.78 is 5.47. The monoisotopic (exact) mass is 553 g/mol. The number of carbonyl (C=O) groups is 2. The summed E-state index contributed by atoms with van der Waals surface area (Å²) in [6.45, 7) is 0.